The highest BCUT2D eigenvalue weighted by Gasteiger charge is 2.24. The molecule has 0 saturated carbocycles. The van der Waals surface area contributed by atoms with Crippen molar-refractivity contribution in [3.05, 3.63) is 42.0 Å². The Morgan fingerprint density at radius 3 is 2.43 bits per heavy atom. The van der Waals surface area contributed by atoms with Crippen molar-refractivity contribution in [3.63, 3.8) is 0 Å². The maximum atomic E-state index is 12.6. The van der Waals surface area contributed by atoms with Gasteiger partial charge >= 0.3 is 5.97 Å². The normalized spacial score (nSPS) is 12.9. The molecule has 0 aromatic heterocycles. The average Bonchev–Trinajstić information content (AvgIpc) is 2.69. The van der Waals surface area contributed by atoms with E-state index in [0.29, 0.717) is 0 Å². The minimum absolute atomic E-state index is 0.0764. The smallest absolute Gasteiger partial charge is 0.329 e. The van der Waals surface area contributed by atoms with Crippen molar-refractivity contribution in [2.75, 3.05) is 19.5 Å². The van der Waals surface area contributed by atoms with Gasteiger partial charge in [-0.3, -0.25) is 9.59 Å². The Morgan fingerprint density at radius 1 is 1.11 bits per heavy atom. The number of esters is 1. The van der Waals surface area contributed by atoms with Crippen molar-refractivity contribution in [2.45, 2.75) is 32.7 Å². The monoisotopic (exact) mass is 403 g/mol. The second kappa shape index (κ2) is 10.1. The highest BCUT2D eigenvalue weighted by atomic mass is 32.2. The summed E-state index contributed by atoms with van der Waals surface area (Å²) in [6.45, 7) is 5.06. The molecule has 0 bridgehead atoms. The zero-order valence-corrected chi connectivity index (χ0v) is 17.3. The number of ether oxygens (including phenoxy) is 2. The number of rotatable bonds is 8. The van der Waals surface area contributed by atoms with E-state index in [-0.39, 0.29) is 29.3 Å². The fourth-order valence-electron chi connectivity index (χ4n) is 2.72. The Hall–Kier alpha value is -2.54. The molecular weight excluding hydrogens is 378 g/mol. The van der Waals surface area contributed by atoms with Crippen molar-refractivity contribution < 1.29 is 23.9 Å². The predicted molar refractivity (Wildman–Crippen MR) is 111 cm³/mol. The van der Waals surface area contributed by atoms with Crippen LogP contribution in [0.25, 0.3) is 10.8 Å². The van der Waals surface area contributed by atoms with Gasteiger partial charge in [-0.1, -0.05) is 43.0 Å². The molecule has 1 amide bonds. The molecule has 2 aromatic rings. The molecule has 2 aromatic carbocycles. The van der Waals surface area contributed by atoms with E-state index >= 15 is 0 Å². The lowest BCUT2D eigenvalue weighted by molar-refractivity contribution is -0.146. The number of amides is 1. The first-order valence-corrected chi connectivity index (χ1v) is 10.0. The third-order valence-corrected chi connectivity index (χ3v) is 5.40. The molecule has 2 atom stereocenters. The summed E-state index contributed by atoms with van der Waals surface area (Å²) in [5, 5.41) is 4.51. The summed E-state index contributed by atoms with van der Waals surface area (Å²) in [6, 6.07) is 10.8. The van der Waals surface area contributed by atoms with Gasteiger partial charge in [0.05, 0.1) is 19.6 Å². The molecule has 28 heavy (non-hydrogen) atoms. The summed E-state index contributed by atoms with van der Waals surface area (Å²) in [7, 11) is 1.62. The Morgan fingerprint density at radius 2 is 1.79 bits per heavy atom. The van der Waals surface area contributed by atoms with Gasteiger partial charge in [-0.15, -0.1) is 0 Å². The fraction of sp³-hybridized carbons (Fsp3) is 0.381. The number of nitrogens with one attached hydrogen (secondary N) is 1. The zero-order valence-electron chi connectivity index (χ0n) is 16.5. The first-order valence-electron chi connectivity index (χ1n) is 9.03. The van der Waals surface area contributed by atoms with Crippen LogP contribution in [-0.2, 0) is 19.1 Å². The van der Waals surface area contributed by atoms with Gasteiger partial charge in [-0.05, 0) is 35.4 Å². The van der Waals surface area contributed by atoms with Crippen molar-refractivity contribution in [2.24, 2.45) is 0 Å². The summed E-state index contributed by atoms with van der Waals surface area (Å²) in [4.78, 5) is 35.9. The lowest BCUT2D eigenvalue weighted by Gasteiger charge is -2.17. The Bertz CT molecular complexity index is 867. The number of fused-ring (bicyclic) bond motifs is 1. The Labute approximate surface area is 169 Å². The van der Waals surface area contributed by atoms with Crippen LogP contribution in [0.4, 0.5) is 0 Å². The largest absolute Gasteiger partial charge is 0.497 e. The van der Waals surface area contributed by atoms with E-state index < -0.39 is 12.0 Å². The van der Waals surface area contributed by atoms with Gasteiger partial charge in [0.1, 0.15) is 11.8 Å². The van der Waals surface area contributed by atoms with Crippen LogP contribution in [0.2, 0.25) is 0 Å². The van der Waals surface area contributed by atoms with E-state index in [1.165, 1.54) is 6.92 Å². The van der Waals surface area contributed by atoms with Crippen molar-refractivity contribution in [3.8, 4) is 5.75 Å². The van der Waals surface area contributed by atoms with Crippen LogP contribution in [0.15, 0.2) is 36.4 Å². The third-order valence-electron chi connectivity index (χ3n) is 4.27. The molecule has 1 unspecified atom stereocenters. The van der Waals surface area contributed by atoms with Crippen LogP contribution in [0.3, 0.4) is 0 Å². The van der Waals surface area contributed by atoms with Gasteiger partial charge in [0.15, 0.2) is 5.12 Å². The van der Waals surface area contributed by atoms with Gasteiger partial charge in [-0.25, -0.2) is 4.79 Å². The lowest BCUT2D eigenvalue weighted by Crippen LogP contribution is -2.43. The van der Waals surface area contributed by atoms with Gasteiger partial charge < -0.3 is 14.8 Å². The molecular formula is C21H25NO5S. The summed E-state index contributed by atoms with van der Waals surface area (Å²) < 4.78 is 10.2. The standard InChI is InChI=1S/C21H25NO5S/c1-5-27-20(24)19(22-14(3)23)12-28-21(25)13(2)15-6-7-17-11-18(26-4)9-8-16(17)10-15/h6-11,13,19H,5,12H2,1-4H3,(H,22,23)/t13?,19-/m0/s1. The first kappa shape index (κ1) is 21.8. The highest BCUT2D eigenvalue weighted by Crippen LogP contribution is 2.28. The Kier molecular flexibility index (Phi) is 7.87. The molecule has 1 N–H and O–H groups in total. The molecule has 2 rings (SSSR count). The molecule has 6 nitrogen and oxygen atoms in total. The lowest BCUT2D eigenvalue weighted by atomic mass is 9.99. The highest BCUT2D eigenvalue weighted by molar-refractivity contribution is 8.13. The van der Waals surface area contributed by atoms with Gasteiger partial charge in [0, 0.05) is 12.7 Å². The minimum atomic E-state index is -0.845. The van der Waals surface area contributed by atoms with Crippen LogP contribution in [-0.4, -0.2) is 42.5 Å². The van der Waals surface area contributed by atoms with Gasteiger partial charge in [0.25, 0.3) is 0 Å². The van der Waals surface area contributed by atoms with E-state index in [1.54, 1.807) is 14.0 Å². The fourth-order valence-corrected chi connectivity index (χ4v) is 3.66. The number of thioether (sulfide) groups is 1. The number of carbonyl (C=O) groups excluding carboxylic acids is 3. The van der Waals surface area contributed by atoms with Crippen LogP contribution in [0.1, 0.15) is 32.3 Å². The van der Waals surface area contributed by atoms with Crippen LogP contribution < -0.4 is 10.1 Å². The summed E-state index contributed by atoms with van der Waals surface area (Å²) in [5.41, 5.74) is 0.891. The number of hydrogen-bond acceptors (Lipinski definition) is 6. The van der Waals surface area contributed by atoms with Crippen molar-refractivity contribution in [1.82, 2.24) is 5.32 Å². The molecule has 0 fully saturated rings. The first-order chi connectivity index (χ1) is 13.3. The summed E-state index contributed by atoms with van der Waals surface area (Å²) in [5.74, 6) is -0.319. The van der Waals surface area contributed by atoms with E-state index in [2.05, 4.69) is 5.32 Å². The third kappa shape index (κ3) is 5.73. The molecule has 7 heteroatoms. The quantitative estimate of drug-likeness (QED) is 0.681. The molecule has 0 aliphatic heterocycles. The number of carbonyl (C=O) groups is 3. The van der Waals surface area contributed by atoms with Gasteiger partial charge in [0.2, 0.25) is 5.91 Å². The topological polar surface area (TPSA) is 81.7 Å². The van der Waals surface area contributed by atoms with Crippen molar-refractivity contribution >= 4 is 39.5 Å². The molecule has 0 aliphatic rings. The molecule has 0 aliphatic carbocycles. The minimum Gasteiger partial charge on any atom is -0.497 e. The molecule has 150 valence electrons. The SMILES string of the molecule is CCOC(=O)[C@H](CSC(=O)C(C)c1ccc2cc(OC)ccc2c1)NC(C)=O. The second-order valence-electron chi connectivity index (χ2n) is 6.33. The van der Waals surface area contributed by atoms with Crippen LogP contribution in [0, 0.1) is 0 Å². The number of benzene rings is 2. The average molecular weight is 404 g/mol. The molecule has 0 spiro atoms. The van der Waals surface area contributed by atoms with Gasteiger partial charge in [-0.2, -0.15) is 0 Å². The van der Waals surface area contributed by atoms with E-state index in [9.17, 15) is 14.4 Å². The summed E-state index contributed by atoms with van der Waals surface area (Å²) >= 11 is 1.02. The second-order valence-corrected chi connectivity index (χ2v) is 7.35. The maximum Gasteiger partial charge on any atom is 0.329 e. The number of hydrogen-bond donors (Lipinski definition) is 1. The van der Waals surface area contributed by atoms with E-state index in [1.807, 2.05) is 43.3 Å². The molecule has 0 radical (unpaired) electrons. The molecule has 0 heterocycles. The zero-order chi connectivity index (χ0) is 20.7. The van der Waals surface area contributed by atoms with Crippen LogP contribution >= 0.6 is 11.8 Å². The Balaban J connectivity index is 2.07. The number of methoxy groups -OCH3 is 1. The van der Waals surface area contributed by atoms with E-state index in [4.69, 9.17) is 9.47 Å². The van der Waals surface area contributed by atoms with Crippen molar-refractivity contribution in [1.29, 1.82) is 0 Å². The maximum absolute atomic E-state index is 12.6. The van der Waals surface area contributed by atoms with E-state index in [0.717, 1.165) is 33.8 Å². The van der Waals surface area contributed by atoms with Crippen LogP contribution in [0.5, 0.6) is 5.75 Å². The summed E-state index contributed by atoms with van der Waals surface area (Å²) in [6.07, 6.45) is 0. The predicted octanol–water partition coefficient (Wildman–Crippen LogP) is 3.28. The molecule has 0 saturated heterocycles.